The van der Waals surface area contributed by atoms with Gasteiger partial charge in [-0.25, -0.2) is 8.42 Å². The fourth-order valence-electron chi connectivity index (χ4n) is 3.76. The Bertz CT molecular complexity index is 1090. The predicted octanol–water partition coefficient (Wildman–Crippen LogP) is 3.58. The second-order valence-electron chi connectivity index (χ2n) is 7.26. The fraction of sp³-hybridized carbons (Fsp3) is 0.333. The Labute approximate surface area is 185 Å². The number of fused-ring (bicyclic) bond motifs is 1. The van der Waals surface area contributed by atoms with E-state index in [1.807, 2.05) is 35.2 Å². The maximum Gasteiger partial charge on any atom is 0.248 e. The number of aryl methyl sites for hydroxylation is 1. The molecule has 0 radical (unpaired) electrons. The summed E-state index contributed by atoms with van der Waals surface area (Å²) in [5, 5.41) is 0.813. The normalized spacial score (nSPS) is 23.5. The molecule has 2 atom stereocenters. The second kappa shape index (κ2) is 8.61. The molecule has 9 heteroatoms. The van der Waals surface area contributed by atoms with Crippen LogP contribution in [-0.4, -0.2) is 49.4 Å². The highest BCUT2D eigenvalue weighted by molar-refractivity contribution is 8.16. The smallest absolute Gasteiger partial charge is 0.248 e. The molecule has 158 valence electrons. The summed E-state index contributed by atoms with van der Waals surface area (Å²) < 4.78 is 29.9. The highest BCUT2D eigenvalue weighted by Gasteiger charge is 2.50. The van der Waals surface area contributed by atoms with Gasteiger partial charge in [-0.15, -0.1) is 0 Å². The minimum atomic E-state index is -3.15. The number of thioether (sulfide) groups is 1. The van der Waals surface area contributed by atoms with Crippen molar-refractivity contribution >= 4 is 50.0 Å². The van der Waals surface area contributed by atoms with Crippen molar-refractivity contribution in [2.75, 3.05) is 23.5 Å². The van der Waals surface area contributed by atoms with E-state index in [2.05, 4.69) is 4.99 Å². The van der Waals surface area contributed by atoms with Crippen LogP contribution in [0.4, 0.5) is 5.69 Å². The number of carbonyl (C=O) groups excluding carboxylic acids is 1. The van der Waals surface area contributed by atoms with E-state index in [4.69, 9.17) is 16.3 Å². The van der Waals surface area contributed by atoms with E-state index in [0.717, 1.165) is 5.56 Å². The SMILES string of the molecule is COc1ccc(Cl)cc1N1C(=NC(=O)CCc2ccccc2)S[C@@H]2CS(=O)(=O)C[C@@H]21. The van der Waals surface area contributed by atoms with Gasteiger partial charge in [0.25, 0.3) is 0 Å². The van der Waals surface area contributed by atoms with Crippen molar-refractivity contribution in [1.29, 1.82) is 0 Å². The highest BCUT2D eigenvalue weighted by Crippen LogP contribution is 2.44. The van der Waals surface area contributed by atoms with Gasteiger partial charge in [-0.05, 0) is 30.2 Å². The lowest BCUT2D eigenvalue weighted by Crippen LogP contribution is -2.38. The van der Waals surface area contributed by atoms with Gasteiger partial charge in [0.2, 0.25) is 5.91 Å². The number of anilines is 1. The lowest BCUT2D eigenvalue weighted by molar-refractivity contribution is -0.117. The number of hydrogen-bond donors (Lipinski definition) is 0. The van der Waals surface area contributed by atoms with Gasteiger partial charge in [-0.3, -0.25) is 4.79 Å². The molecule has 2 aromatic carbocycles. The molecule has 0 spiro atoms. The summed E-state index contributed by atoms with van der Waals surface area (Å²) in [4.78, 5) is 18.8. The molecule has 30 heavy (non-hydrogen) atoms. The standard InChI is InChI=1S/C21H21ClN2O4S2/c1-28-18-9-8-15(22)11-16(18)24-17-12-30(26,27)13-19(17)29-21(24)23-20(25)10-7-14-5-3-2-4-6-14/h2-6,8-9,11,17,19H,7,10,12-13H2,1H3/t17-,19+/m0/s1. The lowest BCUT2D eigenvalue weighted by atomic mass is 10.1. The largest absolute Gasteiger partial charge is 0.495 e. The van der Waals surface area contributed by atoms with Gasteiger partial charge in [0.1, 0.15) is 5.75 Å². The van der Waals surface area contributed by atoms with Gasteiger partial charge in [0.05, 0.1) is 30.3 Å². The number of amides is 1. The Morgan fingerprint density at radius 2 is 2.00 bits per heavy atom. The van der Waals surface area contributed by atoms with Gasteiger partial charge in [-0.1, -0.05) is 53.7 Å². The molecule has 0 saturated carbocycles. The predicted molar refractivity (Wildman–Crippen MR) is 122 cm³/mol. The molecule has 0 aliphatic carbocycles. The molecular formula is C21H21ClN2O4S2. The summed E-state index contributed by atoms with van der Waals surface area (Å²) >= 11 is 7.55. The molecule has 0 N–H and O–H groups in total. The summed E-state index contributed by atoms with van der Waals surface area (Å²) in [7, 11) is -1.61. The highest BCUT2D eigenvalue weighted by atomic mass is 35.5. The van der Waals surface area contributed by atoms with E-state index in [9.17, 15) is 13.2 Å². The molecule has 2 fully saturated rings. The van der Waals surface area contributed by atoms with Crippen LogP contribution in [0.2, 0.25) is 5.02 Å². The van der Waals surface area contributed by atoms with Crippen molar-refractivity contribution in [3.63, 3.8) is 0 Å². The van der Waals surface area contributed by atoms with Crippen molar-refractivity contribution in [2.24, 2.45) is 4.99 Å². The molecule has 0 aromatic heterocycles. The van der Waals surface area contributed by atoms with Gasteiger partial charge in [0.15, 0.2) is 15.0 Å². The summed E-state index contributed by atoms with van der Waals surface area (Å²) in [5.41, 5.74) is 1.69. The summed E-state index contributed by atoms with van der Waals surface area (Å²) in [6.07, 6.45) is 0.880. The summed E-state index contributed by atoms with van der Waals surface area (Å²) in [5.74, 6) is 0.390. The van der Waals surface area contributed by atoms with E-state index >= 15 is 0 Å². The van der Waals surface area contributed by atoms with Crippen LogP contribution in [0.5, 0.6) is 5.75 Å². The molecular weight excluding hydrogens is 444 g/mol. The first kappa shape index (κ1) is 21.2. The van der Waals surface area contributed by atoms with E-state index < -0.39 is 9.84 Å². The number of carbonyl (C=O) groups is 1. The van der Waals surface area contributed by atoms with Crippen molar-refractivity contribution in [3.05, 3.63) is 59.1 Å². The minimum absolute atomic E-state index is 0.0115. The van der Waals surface area contributed by atoms with Crippen LogP contribution in [0.15, 0.2) is 53.5 Å². The molecule has 2 aliphatic rings. The van der Waals surface area contributed by atoms with Gasteiger partial charge in [-0.2, -0.15) is 4.99 Å². The number of amidine groups is 1. The Balaban J connectivity index is 1.64. The Morgan fingerprint density at radius 3 is 2.73 bits per heavy atom. The topological polar surface area (TPSA) is 76.0 Å². The number of sulfone groups is 1. The van der Waals surface area contributed by atoms with Crippen LogP contribution in [0.1, 0.15) is 12.0 Å². The third kappa shape index (κ3) is 4.50. The van der Waals surface area contributed by atoms with Gasteiger partial charge >= 0.3 is 0 Å². The molecule has 2 heterocycles. The van der Waals surface area contributed by atoms with Gasteiger partial charge in [0, 0.05) is 16.7 Å². The Hall–Kier alpha value is -2.03. The Kier molecular flexibility index (Phi) is 6.09. The van der Waals surface area contributed by atoms with Gasteiger partial charge < -0.3 is 9.64 Å². The zero-order valence-electron chi connectivity index (χ0n) is 16.3. The maximum atomic E-state index is 12.6. The van der Waals surface area contributed by atoms with Crippen LogP contribution in [0.25, 0.3) is 0 Å². The maximum absolute atomic E-state index is 12.6. The molecule has 0 unspecified atom stereocenters. The average Bonchev–Trinajstić information content (AvgIpc) is 3.17. The number of hydrogen-bond acceptors (Lipinski definition) is 5. The number of methoxy groups -OCH3 is 1. The van der Waals surface area contributed by atoms with Crippen molar-refractivity contribution in [2.45, 2.75) is 24.1 Å². The third-order valence-corrected chi connectivity index (χ3v) is 8.60. The lowest BCUT2D eigenvalue weighted by Gasteiger charge is -2.26. The van der Waals surface area contributed by atoms with Crippen LogP contribution in [0.3, 0.4) is 0 Å². The zero-order valence-corrected chi connectivity index (χ0v) is 18.7. The van der Waals surface area contributed by atoms with Crippen molar-refractivity contribution < 1.29 is 17.9 Å². The molecule has 2 aromatic rings. The number of aliphatic imine (C=N–C) groups is 1. The van der Waals surface area contributed by atoms with Crippen LogP contribution >= 0.6 is 23.4 Å². The first-order chi connectivity index (χ1) is 14.4. The minimum Gasteiger partial charge on any atom is -0.495 e. The Morgan fingerprint density at radius 1 is 1.23 bits per heavy atom. The summed E-state index contributed by atoms with van der Waals surface area (Å²) in [6, 6.07) is 14.6. The van der Waals surface area contributed by atoms with Crippen LogP contribution in [0, 0.1) is 0 Å². The van der Waals surface area contributed by atoms with Crippen LogP contribution < -0.4 is 9.64 Å². The molecule has 6 nitrogen and oxygen atoms in total. The first-order valence-corrected chi connectivity index (χ1v) is 12.6. The van der Waals surface area contributed by atoms with Crippen LogP contribution in [-0.2, 0) is 21.1 Å². The van der Waals surface area contributed by atoms with E-state index in [1.165, 1.54) is 11.8 Å². The molecule has 1 amide bonds. The number of rotatable bonds is 5. The quantitative estimate of drug-likeness (QED) is 0.673. The average molecular weight is 465 g/mol. The number of nitrogens with zero attached hydrogens (tertiary/aromatic N) is 2. The van der Waals surface area contributed by atoms with E-state index in [-0.39, 0.29) is 35.1 Å². The van der Waals surface area contributed by atoms with Crippen molar-refractivity contribution in [3.8, 4) is 5.75 Å². The molecule has 4 rings (SSSR count). The second-order valence-corrected chi connectivity index (χ2v) is 11.1. The van der Waals surface area contributed by atoms with E-state index in [0.29, 0.717) is 28.0 Å². The molecule has 2 aliphatic heterocycles. The zero-order chi connectivity index (χ0) is 21.3. The monoisotopic (exact) mass is 464 g/mol. The number of ether oxygens (including phenoxy) is 1. The number of benzene rings is 2. The molecule has 0 bridgehead atoms. The van der Waals surface area contributed by atoms with E-state index in [1.54, 1.807) is 25.3 Å². The first-order valence-electron chi connectivity index (χ1n) is 9.51. The number of halogens is 1. The third-order valence-electron chi connectivity index (χ3n) is 5.16. The molecule has 2 saturated heterocycles. The summed E-state index contributed by atoms with van der Waals surface area (Å²) in [6.45, 7) is 0. The fourth-order valence-corrected chi connectivity index (χ4v) is 7.85. The van der Waals surface area contributed by atoms with Crippen molar-refractivity contribution in [1.82, 2.24) is 0 Å².